The molecule has 1 aromatic heterocycles. The number of nitrogens with zero attached hydrogens (tertiary/aromatic N) is 2. The Hall–Kier alpha value is -3.64. The number of halogens is 1. The van der Waals surface area contributed by atoms with Crippen LogP contribution >= 0.6 is 27.3 Å². The lowest BCUT2D eigenvalue weighted by Gasteiger charge is -2.14. The van der Waals surface area contributed by atoms with Crippen molar-refractivity contribution in [2.24, 2.45) is 5.10 Å². The molecule has 0 bridgehead atoms. The number of nitrogens with one attached hydrogen (secondary N) is 2. The van der Waals surface area contributed by atoms with Gasteiger partial charge in [-0.05, 0) is 52.7 Å². The van der Waals surface area contributed by atoms with Crippen LogP contribution in [0.5, 0.6) is 17.2 Å². The summed E-state index contributed by atoms with van der Waals surface area (Å²) < 4.78 is 21.9. The summed E-state index contributed by atoms with van der Waals surface area (Å²) in [5, 5.41) is 9.25. The summed E-state index contributed by atoms with van der Waals surface area (Å²) in [6, 6.07) is 10.6. The molecule has 12 heteroatoms. The summed E-state index contributed by atoms with van der Waals surface area (Å²) in [5.41, 5.74) is 4.70. The van der Waals surface area contributed by atoms with E-state index in [1.54, 1.807) is 48.9 Å². The van der Waals surface area contributed by atoms with Crippen LogP contribution in [0, 0.1) is 0 Å². The van der Waals surface area contributed by atoms with Crippen LogP contribution in [0.1, 0.15) is 18.2 Å². The Morgan fingerprint density at radius 1 is 1.17 bits per heavy atom. The molecule has 0 aliphatic heterocycles. The minimum atomic E-state index is -0.353. The van der Waals surface area contributed by atoms with Crippen LogP contribution in [0.4, 0.5) is 10.8 Å². The molecular weight excluding hydrogens is 552 g/mol. The second-order valence-electron chi connectivity index (χ2n) is 7.07. The van der Waals surface area contributed by atoms with Gasteiger partial charge in [0.2, 0.25) is 5.13 Å². The van der Waals surface area contributed by atoms with Crippen molar-refractivity contribution in [1.82, 2.24) is 4.98 Å². The number of thiazole rings is 1. The van der Waals surface area contributed by atoms with E-state index in [2.05, 4.69) is 36.8 Å². The maximum Gasteiger partial charge on any atom is 0.311 e. The van der Waals surface area contributed by atoms with Gasteiger partial charge in [-0.15, -0.1) is 11.3 Å². The van der Waals surface area contributed by atoms with E-state index in [4.69, 9.17) is 18.9 Å². The van der Waals surface area contributed by atoms with E-state index in [1.165, 1.54) is 25.6 Å². The first-order chi connectivity index (χ1) is 17.4. The number of aromatic nitrogens is 1. The maximum atomic E-state index is 12.4. The van der Waals surface area contributed by atoms with Gasteiger partial charge in [0.25, 0.3) is 5.91 Å². The first-order valence-corrected chi connectivity index (χ1v) is 12.4. The van der Waals surface area contributed by atoms with E-state index in [0.29, 0.717) is 50.4 Å². The number of anilines is 2. The van der Waals surface area contributed by atoms with Crippen molar-refractivity contribution in [1.29, 1.82) is 0 Å². The lowest BCUT2D eigenvalue weighted by Crippen LogP contribution is -2.20. The Labute approximate surface area is 220 Å². The van der Waals surface area contributed by atoms with Gasteiger partial charge in [-0.25, -0.2) is 4.98 Å². The minimum absolute atomic E-state index is 0.109. The lowest BCUT2D eigenvalue weighted by molar-refractivity contribution is -0.142. The molecule has 1 heterocycles. The Balaban J connectivity index is 1.60. The standard InChI is InChI=1S/C24H25BrN4O6S/c1-4-34-22(31)11-16-14-36-24(27-16)29-26-12-15-9-17(25)23(20(10-15)33-3)35-13-21(30)28-18-7-5-6-8-19(18)32-2/h5-10,12,14H,4,11,13H2,1-3H3,(H,27,29)(H,28,30). The number of rotatable bonds is 12. The first kappa shape index (κ1) is 27.0. The van der Waals surface area contributed by atoms with Crippen molar-refractivity contribution in [3.8, 4) is 17.2 Å². The summed E-state index contributed by atoms with van der Waals surface area (Å²) in [4.78, 5) is 28.3. The first-order valence-electron chi connectivity index (χ1n) is 10.8. The van der Waals surface area contributed by atoms with E-state index in [1.807, 2.05) is 6.07 Å². The molecule has 2 N–H and O–H groups in total. The molecule has 3 aromatic rings. The predicted octanol–water partition coefficient (Wildman–Crippen LogP) is 4.49. The van der Waals surface area contributed by atoms with Gasteiger partial charge in [-0.2, -0.15) is 5.10 Å². The number of hydrazone groups is 1. The zero-order chi connectivity index (χ0) is 25.9. The highest BCUT2D eigenvalue weighted by Crippen LogP contribution is 2.36. The molecule has 0 radical (unpaired) electrons. The molecule has 0 unspecified atom stereocenters. The smallest absolute Gasteiger partial charge is 0.311 e. The number of para-hydroxylation sites is 2. The Kier molecular flexibility index (Phi) is 10.1. The fourth-order valence-corrected chi connectivity index (χ4v) is 4.22. The molecule has 0 aliphatic carbocycles. The monoisotopic (exact) mass is 576 g/mol. The number of hydrogen-bond donors (Lipinski definition) is 2. The van der Waals surface area contributed by atoms with E-state index >= 15 is 0 Å². The number of benzene rings is 2. The van der Waals surface area contributed by atoms with Gasteiger partial charge < -0.3 is 24.3 Å². The van der Waals surface area contributed by atoms with Crippen LogP contribution in [-0.4, -0.2) is 50.5 Å². The van der Waals surface area contributed by atoms with Crippen LogP contribution in [0.15, 0.2) is 51.4 Å². The number of hydrogen-bond acceptors (Lipinski definition) is 10. The summed E-state index contributed by atoms with van der Waals surface area (Å²) in [6.07, 6.45) is 1.69. The Morgan fingerprint density at radius 3 is 2.69 bits per heavy atom. The fourth-order valence-electron chi connectivity index (χ4n) is 2.99. The molecular formula is C24H25BrN4O6S. The van der Waals surface area contributed by atoms with Crippen LogP contribution in [-0.2, 0) is 20.7 Å². The third-order valence-corrected chi connectivity index (χ3v) is 5.92. The lowest BCUT2D eigenvalue weighted by atomic mass is 10.2. The summed E-state index contributed by atoms with van der Waals surface area (Å²) in [5.74, 6) is 0.668. The van der Waals surface area contributed by atoms with Gasteiger partial charge in [0.15, 0.2) is 18.1 Å². The van der Waals surface area contributed by atoms with Gasteiger partial charge in [0.05, 0.1) is 49.3 Å². The van der Waals surface area contributed by atoms with Crippen molar-refractivity contribution in [3.63, 3.8) is 0 Å². The molecule has 36 heavy (non-hydrogen) atoms. The highest BCUT2D eigenvalue weighted by molar-refractivity contribution is 9.10. The number of esters is 1. The summed E-state index contributed by atoms with van der Waals surface area (Å²) in [7, 11) is 3.04. The third kappa shape index (κ3) is 7.68. The quantitative estimate of drug-likeness (QED) is 0.184. The van der Waals surface area contributed by atoms with Crippen molar-refractivity contribution in [2.45, 2.75) is 13.3 Å². The molecule has 0 spiro atoms. The number of amides is 1. The van der Waals surface area contributed by atoms with E-state index in [0.717, 1.165) is 0 Å². The van der Waals surface area contributed by atoms with Gasteiger partial charge in [-0.3, -0.25) is 15.0 Å². The third-order valence-electron chi connectivity index (χ3n) is 4.54. The number of ether oxygens (including phenoxy) is 4. The van der Waals surface area contributed by atoms with Crippen LogP contribution in [0.3, 0.4) is 0 Å². The van der Waals surface area contributed by atoms with Crippen LogP contribution < -0.4 is 25.0 Å². The van der Waals surface area contributed by atoms with Crippen LogP contribution in [0.25, 0.3) is 0 Å². The van der Waals surface area contributed by atoms with Gasteiger partial charge in [0.1, 0.15) is 5.75 Å². The van der Waals surface area contributed by atoms with Crippen molar-refractivity contribution in [2.75, 3.05) is 38.2 Å². The average molecular weight is 577 g/mol. The zero-order valence-corrected chi connectivity index (χ0v) is 22.3. The molecule has 3 rings (SSSR count). The van der Waals surface area contributed by atoms with E-state index in [-0.39, 0.29) is 24.9 Å². The molecule has 0 atom stereocenters. The summed E-state index contributed by atoms with van der Waals surface area (Å²) in [6.45, 7) is 1.85. The number of carbonyl (C=O) groups excluding carboxylic acids is 2. The van der Waals surface area contributed by atoms with Crippen molar-refractivity contribution < 1.29 is 28.5 Å². The fraction of sp³-hybridized carbons (Fsp3) is 0.250. The predicted molar refractivity (Wildman–Crippen MR) is 141 cm³/mol. The van der Waals surface area contributed by atoms with Crippen molar-refractivity contribution >= 4 is 56.2 Å². The van der Waals surface area contributed by atoms with E-state index < -0.39 is 0 Å². The Bertz CT molecular complexity index is 1230. The topological polar surface area (TPSA) is 120 Å². The highest BCUT2D eigenvalue weighted by Gasteiger charge is 2.14. The van der Waals surface area contributed by atoms with Gasteiger partial charge in [0, 0.05) is 5.38 Å². The van der Waals surface area contributed by atoms with Crippen LogP contribution in [0.2, 0.25) is 0 Å². The molecule has 2 aromatic carbocycles. The molecule has 0 fully saturated rings. The largest absolute Gasteiger partial charge is 0.495 e. The van der Waals surface area contributed by atoms with Gasteiger partial charge in [-0.1, -0.05) is 12.1 Å². The molecule has 0 saturated carbocycles. The normalized spacial score (nSPS) is 10.7. The summed E-state index contributed by atoms with van der Waals surface area (Å²) >= 11 is 4.79. The minimum Gasteiger partial charge on any atom is -0.495 e. The zero-order valence-electron chi connectivity index (χ0n) is 19.9. The average Bonchev–Trinajstić information content (AvgIpc) is 3.30. The molecule has 190 valence electrons. The molecule has 0 saturated heterocycles. The van der Waals surface area contributed by atoms with Crippen molar-refractivity contribution in [3.05, 3.63) is 57.5 Å². The second-order valence-corrected chi connectivity index (χ2v) is 8.78. The highest BCUT2D eigenvalue weighted by atomic mass is 79.9. The molecule has 10 nitrogen and oxygen atoms in total. The maximum absolute atomic E-state index is 12.4. The second kappa shape index (κ2) is 13.4. The van der Waals surface area contributed by atoms with E-state index in [9.17, 15) is 9.59 Å². The molecule has 0 aliphatic rings. The number of methoxy groups -OCH3 is 2. The Morgan fingerprint density at radius 2 is 1.94 bits per heavy atom. The molecule has 1 amide bonds. The SMILES string of the molecule is CCOC(=O)Cc1csc(NN=Cc2cc(Br)c(OCC(=O)Nc3ccccc3OC)c(OC)c2)n1. The number of carbonyl (C=O) groups is 2. The van der Waals surface area contributed by atoms with Gasteiger partial charge >= 0.3 is 5.97 Å².